The van der Waals surface area contributed by atoms with Gasteiger partial charge in [0, 0.05) is 10.9 Å². The number of H-pyrrole nitrogens is 1. The Morgan fingerprint density at radius 1 is 1.39 bits per heavy atom. The Bertz CT molecular complexity index is 855. The van der Waals surface area contributed by atoms with Crippen LogP contribution in [0.25, 0.3) is 17.0 Å². The molecule has 0 aliphatic rings. The minimum Gasteiger partial charge on any atom is -0.464 e. The SMILES string of the molecule is COC(=O)/C(F)=C/c1ccc2c(C#C[Si](C)(C)C)[nH]nc2c1F. The molecule has 2 rings (SSSR count). The van der Waals surface area contributed by atoms with Crippen LogP contribution < -0.4 is 0 Å². The topological polar surface area (TPSA) is 55.0 Å². The summed E-state index contributed by atoms with van der Waals surface area (Å²) < 4.78 is 32.1. The molecule has 1 aromatic carbocycles. The Balaban J connectivity index is 2.50. The van der Waals surface area contributed by atoms with Gasteiger partial charge in [-0.1, -0.05) is 31.6 Å². The van der Waals surface area contributed by atoms with Crippen molar-refractivity contribution in [2.75, 3.05) is 7.11 Å². The number of rotatable bonds is 2. The first-order chi connectivity index (χ1) is 10.7. The highest BCUT2D eigenvalue weighted by Gasteiger charge is 2.15. The Morgan fingerprint density at radius 3 is 2.70 bits per heavy atom. The van der Waals surface area contributed by atoms with Crippen molar-refractivity contribution in [3.63, 3.8) is 0 Å². The molecule has 0 aliphatic carbocycles. The van der Waals surface area contributed by atoms with E-state index in [1.54, 1.807) is 6.07 Å². The molecule has 0 saturated carbocycles. The van der Waals surface area contributed by atoms with Gasteiger partial charge in [-0.05, 0) is 12.1 Å². The van der Waals surface area contributed by atoms with Gasteiger partial charge in [0.05, 0.1) is 7.11 Å². The van der Waals surface area contributed by atoms with Gasteiger partial charge in [0.2, 0.25) is 5.83 Å². The number of nitrogens with zero attached hydrogens (tertiary/aromatic N) is 1. The third-order valence-electron chi connectivity index (χ3n) is 2.92. The average Bonchev–Trinajstić information content (AvgIpc) is 2.90. The van der Waals surface area contributed by atoms with Crippen LogP contribution in [0, 0.1) is 17.3 Å². The standard InChI is InChI=1S/C16H16F2N2O2Si/c1-22-16(21)12(17)9-10-5-6-11-13(7-8-23(2,3)4)19-20-15(11)14(10)18/h5-6,9H,1-4H3,(H,19,20)/b12-9-. The molecule has 0 bridgehead atoms. The lowest BCUT2D eigenvalue weighted by Crippen LogP contribution is -2.16. The summed E-state index contributed by atoms with van der Waals surface area (Å²) in [4.78, 5) is 11.1. The van der Waals surface area contributed by atoms with Crippen molar-refractivity contribution in [3.8, 4) is 11.5 Å². The summed E-state index contributed by atoms with van der Waals surface area (Å²) in [6.45, 7) is 6.28. The van der Waals surface area contributed by atoms with E-state index in [9.17, 15) is 13.6 Å². The van der Waals surface area contributed by atoms with Crippen LogP contribution in [0.3, 0.4) is 0 Å². The van der Waals surface area contributed by atoms with E-state index in [4.69, 9.17) is 0 Å². The molecule has 2 aromatic rings. The Hall–Kier alpha value is -2.46. The molecular formula is C16H16F2N2O2Si. The van der Waals surface area contributed by atoms with Crippen LogP contribution in [-0.2, 0) is 9.53 Å². The maximum absolute atomic E-state index is 14.4. The first-order valence-electron chi connectivity index (χ1n) is 6.88. The van der Waals surface area contributed by atoms with Crippen molar-refractivity contribution < 1.29 is 18.3 Å². The summed E-state index contributed by atoms with van der Waals surface area (Å²) in [5.41, 5.74) is 3.65. The van der Waals surface area contributed by atoms with Crippen LogP contribution >= 0.6 is 0 Å². The second kappa shape index (κ2) is 6.34. The molecule has 1 aromatic heterocycles. The summed E-state index contributed by atoms with van der Waals surface area (Å²) in [7, 11) is -0.529. The first-order valence-corrected chi connectivity index (χ1v) is 10.4. The van der Waals surface area contributed by atoms with E-state index in [1.165, 1.54) is 6.07 Å². The fraction of sp³-hybridized carbons (Fsp3) is 0.250. The van der Waals surface area contributed by atoms with E-state index in [2.05, 4.69) is 46.0 Å². The quantitative estimate of drug-likeness (QED) is 0.396. The minimum absolute atomic E-state index is 0.0521. The molecule has 120 valence electrons. The van der Waals surface area contributed by atoms with Crippen molar-refractivity contribution in [3.05, 3.63) is 35.0 Å². The van der Waals surface area contributed by atoms with E-state index >= 15 is 0 Å². The molecule has 0 spiro atoms. The largest absolute Gasteiger partial charge is 0.464 e. The lowest BCUT2D eigenvalue weighted by molar-refractivity contribution is -0.137. The summed E-state index contributed by atoms with van der Waals surface area (Å²) in [5, 5.41) is 7.11. The summed E-state index contributed by atoms with van der Waals surface area (Å²) in [6.07, 6.45) is 0.780. The number of carbonyl (C=O) groups excluding carboxylic acids is 1. The number of fused-ring (bicyclic) bond motifs is 1. The summed E-state index contributed by atoms with van der Waals surface area (Å²) in [5.74, 6) is -0.0770. The van der Waals surface area contributed by atoms with Crippen molar-refractivity contribution in [1.29, 1.82) is 0 Å². The van der Waals surface area contributed by atoms with Crippen LogP contribution in [0.5, 0.6) is 0 Å². The normalized spacial score (nSPS) is 12.0. The van der Waals surface area contributed by atoms with Crippen LogP contribution in [0.2, 0.25) is 19.6 Å². The number of hydrogen-bond donors (Lipinski definition) is 1. The first kappa shape index (κ1) is 16.9. The maximum atomic E-state index is 14.4. The molecule has 0 saturated heterocycles. The summed E-state index contributed by atoms with van der Waals surface area (Å²) >= 11 is 0. The third kappa shape index (κ3) is 3.84. The lowest BCUT2D eigenvalue weighted by atomic mass is 10.1. The number of esters is 1. The molecule has 1 heterocycles. The number of benzene rings is 1. The molecule has 1 N–H and O–H groups in total. The van der Waals surface area contributed by atoms with E-state index in [0.717, 1.165) is 13.2 Å². The van der Waals surface area contributed by atoms with E-state index in [0.29, 0.717) is 11.1 Å². The number of nitrogens with one attached hydrogen (secondary N) is 1. The van der Waals surface area contributed by atoms with Gasteiger partial charge >= 0.3 is 5.97 Å². The monoisotopic (exact) mass is 334 g/mol. The molecule has 23 heavy (non-hydrogen) atoms. The molecular weight excluding hydrogens is 318 g/mol. The molecule has 7 heteroatoms. The molecule has 0 amide bonds. The second-order valence-corrected chi connectivity index (χ2v) is 10.7. The Morgan fingerprint density at radius 2 is 2.09 bits per heavy atom. The zero-order chi connectivity index (χ0) is 17.2. The van der Waals surface area contributed by atoms with Crippen molar-refractivity contribution in [2.24, 2.45) is 0 Å². The lowest BCUT2D eigenvalue weighted by Gasteiger charge is -2.03. The highest BCUT2D eigenvalue weighted by Crippen LogP contribution is 2.23. The van der Waals surface area contributed by atoms with E-state index in [-0.39, 0.29) is 11.1 Å². The van der Waals surface area contributed by atoms with Gasteiger partial charge in [0.25, 0.3) is 0 Å². The second-order valence-electron chi connectivity index (χ2n) is 5.95. The smallest absolute Gasteiger partial charge is 0.366 e. The number of aromatic amines is 1. The van der Waals surface area contributed by atoms with Crippen molar-refractivity contribution in [1.82, 2.24) is 10.2 Å². The predicted molar refractivity (Wildman–Crippen MR) is 87.4 cm³/mol. The number of halogens is 2. The fourth-order valence-electron chi connectivity index (χ4n) is 1.81. The van der Waals surface area contributed by atoms with Gasteiger partial charge in [-0.15, -0.1) is 5.54 Å². The molecule has 0 fully saturated rings. The van der Waals surface area contributed by atoms with Crippen LogP contribution in [-0.4, -0.2) is 31.4 Å². The van der Waals surface area contributed by atoms with Crippen molar-refractivity contribution >= 4 is 31.0 Å². The molecule has 0 atom stereocenters. The highest BCUT2D eigenvalue weighted by atomic mass is 28.3. The van der Waals surface area contributed by atoms with Gasteiger partial charge in [-0.3, -0.25) is 5.10 Å². The van der Waals surface area contributed by atoms with Gasteiger partial charge in [0.1, 0.15) is 19.3 Å². The molecule has 4 nitrogen and oxygen atoms in total. The van der Waals surface area contributed by atoms with Crippen LogP contribution in [0.15, 0.2) is 18.0 Å². The molecule has 0 aliphatic heterocycles. The molecule has 0 radical (unpaired) electrons. The maximum Gasteiger partial charge on any atom is 0.366 e. The predicted octanol–water partition coefficient (Wildman–Crippen LogP) is 3.41. The number of carbonyl (C=O) groups is 1. The number of ether oxygens (including phenoxy) is 1. The number of hydrogen-bond acceptors (Lipinski definition) is 3. The Labute approximate surface area is 133 Å². The Kier molecular flexibility index (Phi) is 4.66. The van der Waals surface area contributed by atoms with E-state index < -0.39 is 25.7 Å². The van der Waals surface area contributed by atoms with Gasteiger partial charge in [-0.25, -0.2) is 9.18 Å². The zero-order valence-corrected chi connectivity index (χ0v) is 14.3. The minimum atomic E-state index is -1.58. The van der Waals surface area contributed by atoms with Gasteiger partial charge in [-0.2, -0.15) is 9.49 Å². The highest BCUT2D eigenvalue weighted by molar-refractivity contribution is 6.83. The van der Waals surface area contributed by atoms with Gasteiger partial charge in [0.15, 0.2) is 5.82 Å². The van der Waals surface area contributed by atoms with E-state index in [1.807, 2.05) is 0 Å². The summed E-state index contributed by atoms with van der Waals surface area (Å²) in [6, 6.07) is 2.96. The van der Waals surface area contributed by atoms with Crippen LogP contribution in [0.1, 0.15) is 11.3 Å². The number of aromatic nitrogens is 2. The van der Waals surface area contributed by atoms with Crippen molar-refractivity contribution in [2.45, 2.75) is 19.6 Å². The third-order valence-corrected chi connectivity index (χ3v) is 3.79. The molecule has 0 unspecified atom stereocenters. The average molecular weight is 334 g/mol. The fourth-order valence-corrected chi connectivity index (χ4v) is 2.31. The van der Waals surface area contributed by atoms with Gasteiger partial charge < -0.3 is 4.74 Å². The van der Waals surface area contributed by atoms with Crippen LogP contribution in [0.4, 0.5) is 8.78 Å². The zero-order valence-electron chi connectivity index (χ0n) is 13.3. The number of methoxy groups -OCH3 is 1.